The van der Waals surface area contributed by atoms with Crippen LogP contribution in [-0.4, -0.2) is 34.8 Å². The number of rotatable bonds is 4. The van der Waals surface area contributed by atoms with Gasteiger partial charge in [-0.05, 0) is 36.6 Å². The molecular formula is C24H24ClNO4. The van der Waals surface area contributed by atoms with Gasteiger partial charge in [0.1, 0.15) is 11.5 Å². The number of aliphatic hydroxyl groups is 1. The van der Waals surface area contributed by atoms with Gasteiger partial charge in [-0.3, -0.25) is 9.59 Å². The van der Waals surface area contributed by atoms with Gasteiger partial charge in [-0.2, -0.15) is 0 Å². The number of hydrogen-bond acceptors (Lipinski definition) is 4. The molecule has 1 saturated heterocycles. The van der Waals surface area contributed by atoms with Crippen LogP contribution in [0.3, 0.4) is 0 Å². The summed E-state index contributed by atoms with van der Waals surface area (Å²) in [5.41, 5.74) is 1.18. The molecule has 2 aromatic carbocycles. The Hall–Kier alpha value is -2.79. The summed E-state index contributed by atoms with van der Waals surface area (Å²) in [4.78, 5) is 28.0. The zero-order chi connectivity index (χ0) is 21.3. The van der Waals surface area contributed by atoms with Crippen LogP contribution in [0, 0.1) is 0 Å². The predicted molar refractivity (Wildman–Crippen MR) is 115 cm³/mol. The highest BCUT2D eigenvalue weighted by Gasteiger charge is 2.49. The summed E-state index contributed by atoms with van der Waals surface area (Å²) in [6.07, 6.45) is 4.90. The fourth-order valence-corrected chi connectivity index (χ4v) is 4.73. The van der Waals surface area contributed by atoms with Crippen molar-refractivity contribution in [3.05, 3.63) is 70.3 Å². The lowest BCUT2D eigenvalue weighted by atomic mass is 9.91. The van der Waals surface area contributed by atoms with Gasteiger partial charge in [0, 0.05) is 11.1 Å². The third-order valence-corrected chi connectivity index (χ3v) is 6.22. The number of nitrogens with zero attached hydrogens (tertiary/aromatic N) is 1. The maximum absolute atomic E-state index is 13.2. The number of carbonyl (C=O) groups is 2. The molecule has 1 aliphatic heterocycles. The van der Waals surface area contributed by atoms with E-state index in [1.54, 1.807) is 23.1 Å². The summed E-state index contributed by atoms with van der Waals surface area (Å²) in [5.74, 6) is -1.11. The van der Waals surface area contributed by atoms with Gasteiger partial charge in [0.15, 0.2) is 0 Å². The molecule has 2 aliphatic rings. The van der Waals surface area contributed by atoms with Gasteiger partial charge in [-0.1, -0.05) is 61.2 Å². The van der Waals surface area contributed by atoms with Gasteiger partial charge in [-0.25, -0.2) is 0 Å². The summed E-state index contributed by atoms with van der Waals surface area (Å²) in [6, 6.07) is 13.6. The third kappa shape index (κ3) is 3.58. The Morgan fingerprint density at radius 3 is 2.43 bits per heavy atom. The normalized spacial score (nSPS) is 21.8. The molecule has 1 saturated carbocycles. The average molecular weight is 426 g/mol. The van der Waals surface area contributed by atoms with Gasteiger partial charge in [0.05, 0.1) is 24.3 Å². The largest absolute Gasteiger partial charge is 0.507 e. The van der Waals surface area contributed by atoms with Crippen LogP contribution in [0.4, 0.5) is 0 Å². The van der Waals surface area contributed by atoms with Crippen molar-refractivity contribution in [2.75, 3.05) is 7.11 Å². The van der Waals surface area contributed by atoms with Gasteiger partial charge in [0.25, 0.3) is 11.7 Å². The summed E-state index contributed by atoms with van der Waals surface area (Å²) >= 11 is 6.14. The van der Waals surface area contributed by atoms with Gasteiger partial charge < -0.3 is 14.7 Å². The van der Waals surface area contributed by atoms with Gasteiger partial charge in [-0.15, -0.1) is 0 Å². The fraction of sp³-hybridized carbons (Fsp3) is 0.333. The van der Waals surface area contributed by atoms with Crippen LogP contribution in [0.5, 0.6) is 5.75 Å². The monoisotopic (exact) mass is 425 g/mol. The first-order valence-electron chi connectivity index (χ1n) is 10.2. The Balaban J connectivity index is 1.91. The van der Waals surface area contributed by atoms with E-state index >= 15 is 0 Å². The summed E-state index contributed by atoms with van der Waals surface area (Å²) in [7, 11) is 1.48. The number of halogens is 1. The second kappa shape index (κ2) is 8.52. The fourth-order valence-electron chi connectivity index (χ4n) is 4.56. The Kier molecular flexibility index (Phi) is 5.82. The second-order valence-electron chi connectivity index (χ2n) is 7.75. The first kappa shape index (κ1) is 20.5. The molecular weight excluding hydrogens is 402 g/mol. The number of benzene rings is 2. The first-order chi connectivity index (χ1) is 14.5. The van der Waals surface area contributed by atoms with E-state index in [1.807, 2.05) is 30.3 Å². The van der Waals surface area contributed by atoms with E-state index in [9.17, 15) is 14.7 Å². The van der Waals surface area contributed by atoms with E-state index in [-0.39, 0.29) is 17.4 Å². The summed E-state index contributed by atoms with van der Waals surface area (Å²) in [5, 5.41) is 11.6. The smallest absolute Gasteiger partial charge is 0.295 e. The maximum Gasteiger partial charge on any atom is 0.295 e. The molecule has 1 atom stereocenters. The minimum Gasteiger partial charge on any atom is -0.507 e. The highest BCUT2D eigenvalue weighted by molar-refractivity contribution is 6.46. The van der Waals surface area contributed by atoms with Crippen molar-refractivity contribution in [3.63, 3.8) is 0 Å². The number of hydrogen-bond donors (Lipinski definition) is 1. The quantitative estimate of drug-likeness (QED) is 0.420. The minimum atomic E-state index is -0.672. The molecule has 0 spiro atoms. The van der Waals surface area contributed by atoms with E-state index < -0.39 is 17.7 Å². The number of methoxy groups -OCH3 is 1. The number of carbonyl (C=O) groups excluding carboxylic acids is 2. The SMILES string of the molecule is COc1ccc(Cl)cc1/C(O)=C1\C(=O)C(=O)N(C2CCCCC2)C1c1ccccc1. The molecule has 6 heteroatoms. The molecule has 0 radical (unpaired) electrons. The molecule has 2 aromatic rings. The molecule has 4 rings (SSSR count). The standard InChI is InChI=1S/C24H24ClNO4/c1-30-19-13-12-16(25)14-18(19)22(27)20-21(15-8-4-2-5-9-15)26(24(29)23(20)28)17-10-6-3-7-11-17/h2,4-5,8-9,12-14,17,21,27H,3,6-7,10-11H2,1H3/b22-20+. The Labute approximate surface area is 180 Å². The predicted octanol–water partition coefficient (Wildman–Crippen LogP) is 5.10. The van der Waals surface area contributed by atoms with Crippen LogP contribution in [0.25, 0.3) is 5.76 Å². The van der Waals surface area contributed by atoms with Crippen LogP contribution in [0.15, 0.2) is 54.1 Å². The van der Waals surface area contributed by atoms with E-state index in [1.165, 1.54) is 7.11 Å². The van der Waals surface area contributed by atoms with Crippen molar-refractivity contribution in [2.24, 2.45) is 0 Å². The lowest BCUT2D eigenvalue weighted by Gasteiger charge is -2.35. The van der Waals surface area contributed by atoms with Crippen molar-refractivity contribution in [2.45, 2.75) is 44.2 Å². The molecule has 0 aromatic heterocycles. The maximum atomic E-state index is 13.2. The van der Waals surface area contributed by atoms with Crippen molar-refractivity contribution >= 4 is 29.1 Å². The zero-order valence-corrected chi connectivity index (χ0v) is 17.6. The van der Waals surface area contributed by atoms with Crippen LogP contribution < -0.4 is 4.74 Å². The highest BCUT2D eigenvalue weighted by Crippen LogP contribution is 2.44. The van der Waals surface area contributed by atoms with E-state index in [2.05, 4.69) is 0 Å². The van der Waals surface area contributed by atoms with Crippen LogP contribution in [-0.2, 0) is 9.59 Å². The van der Waals surface area contributed by atoms with Crippen molar-refractivity contribution in [1.29, 1.82) is 0 Å². The molecule has 0 bridgehead atoms. The summed E-state index contributed by atoms with van der Waals surface area (Å²) in [6.45, 7) is 0. The van der Waals surface area contributed by atoms with E-state index in [4.69, 9.17) is 16.3 Å². The zero-order valence-electron chi connectivity index (χ0n) is 16.8. The molecule has 1 amide bonds. The Morgan fingerprint density at radius 2 is 1.77 bits per heavy atom. The lowest BCUT2D eigenvalue weighted by Crippen LogP contribution is -2.40. The molecule has 1 N–H and O–H groups in total. The van der Waals surface area contributed by atoms with Crippen molar-refractivity contribution in [3.8, 4) is 5.75 Å². The number of aliphatic hydroxyl groups excluding tert-OH is 1. The van der Waals surface area contributed by atoms with Crippen LogP contribution in [0.2, 0.25) is 5.02 Å². The van der Waals surface area contributed by atoms with Crippen molar-refractivity contribution < 1.29 is 19.4 Å². The Bertz CT molecular complexity index is 996. The lowest BCUT2D eigenvalue weighted by molar-refractivity contribution is -0.141. The summed E-state index contributed by atoms with van der Waals surface area (Å²) < 4.78 is 5.36. The minimum absolute atomic E-state index is 0.0213. The molecule has 2 fully saturated rings. The third-order valence-electron chi connectivity index (χ3n) is 5.98. The second-order valence-corrected chi connectivity index (χ2v) is 8.19. The number of Topliss-reactive ketones (excluding diaryl/α,β-unsaturated/α-hetero) is 1. The van der Waals surface area contributed by atoms with Crippen LogP contribution >= 0.6 is 11.6 Å². The van der Waals surface area contributed by atoms with Crippen LogP contribution in [0.1, 0.15) is 49.3 Å². The Morgan fingerprint density at radius 1 is 1.07 bits per heavy atom. The topological polar surface area (TPSA) is 66.8 Å². The number of likely N-dealkylation sites (tertiary alicyclic amines) is 1. The van der Waals surface area contributed by atoms with E-state index in [0.717, 1.165) is 37.7 Å². The molecule has 30 heavy (non-hydrogen) atoms. The molecule has 156 valence electrons. The van der Waals surface area contributed by atoms with Gasteiger partial charge in [0.2, 0.25) is 0 Å². The van der Waals surface area contributed by atoms with Crippen molar-refractivity contribution in [1.82, 2.24) is 4.90 Å². The average Bonchev–Trinajstić information content (AvgIpc) is 3.05. The number of amides is 1. The highest BCUT2D eigenvalue weighted by atomic mass is 35.5. The molecule has 1 heterocycles. The van der Waals surface area contributed by atoms with E-state index in [0.29, 0.717) is 16.3 Å². The number of ether oxygens (including phenoxy) is 1. The molecule has 5 nitrogen and oxygen atoms in total. The van der Waals surface area contributed by atoms with Gasteiger partial charge >= 0.3 is 0 Å². The molecule has 1 unspecified atom stereocenters. The molecule has 1 aliphatic carbocycles. The number of ketones is 1. The first-order valence-corrected chi connectivity index (χ1v) is 10.6.